The summed E-state index contributed by atoms with van der Waals surface area (Å²) in [7, 11) is 0. The van der Waals surface area contributed by atoms with Crippen molar-refractivity contribution in [3.05, 3.63) is 35.9 Å². The normalized spacial score (nSPS) is 44.8. The lowest BCUT2D eigenvalue weighted by Gasteiger charge is -2.64. The molecule has 7 rings (SSSR count). The fourth-order valence-electron chi connectivity index (χ4n) is 7.75. The lowest BCUT2D eigenvalue weighted by Crippen LogP contribution is -2.64. The van der Waals surface area contributed by atoms with E-state index in [4.69, 9.17) is 10.5 Å². The smallest absolute Gasteiger partial charge is 0.226 e. The van der Waals surface area contributed by atoms with Crippen molar-refractivity contribution >= 4 is 5.91 Å². The Hall–Kier alpha value is -1.39. The summed E-state index contributed by atoms with van der Waals surface area (Å²) in [5, 5.41) is 3.50. The standard InChI is InChI=1S/C26H36N2O2/c27-20-6-8-21(9-7-20)28-24(29)26-14-17-12-25(16-26,19-4-2-1-3-5-19)13-18(15-26)23(17)30-22-10-11-22/h1-5,17-18,20-23H,6-16,27H2,(H,28,29). The fourth-order valence-corrected chi connectivity index (χ4v) is 7.75. The lowest BCUT2D eigenvalue weighted by molar-refractivity contribution is -0.183. The van der Waals surface area contributed by atoms with Gasteiger partial charge in [0.15, 0.2) is 0 Å². The topological polar surface area (TPSA) is 64.3 Å². The summed E-state index contributed by atoms with van der Waals surface area (Å²) in [6.07, 6.45) is 12.9. The summed E-state index contributed by atoms with van der Waals surface area (Å²) in [4.78, 5) is 13.8. The molecular weight excluding hydrogens is 372 g/mol. The van der Waals surface area contributed by atoms with Gasteiger partial charge in [0.05, 0.1) is 17.6 Å². The van der Waals surface area contributed by atoms with E-state index in [1.807, 2.05) is 0 Å². The third-order valence-corrected chi connectivity index (χ3v) is 9.07. The highest BCUT2D eigenvalue weighted by molar-refractivity contribution is 5.84. The van der Waals surface area contributed by atoms with Gasteiger partial charge >= 0.3 is 0 Å². The Morgan fingerprint density at radius 3 is 2.23 bits per heavy atom. The minimum absolute atomic E-state index is 0.156. The van der Waals surface area contributed by atoms with Crippen LogP contribution in [0.1, 0.15) is 76.2 Å². The first-order valence-electron chi connectivity index (χ1n) is 12.3. The Morgan fingerprint density at radius 1 is 0.933 bits per heavy atom. The highest BCUT2D eigenvalue weighted by Gasteiger charge is 2.64. The van der Waals surface area contributed by atoms with Crippen LogP contribution in [0, 0.1) is 17.3 Å². The molecule has 3 N–H and O–H groups in total. The van der Waals surface area contributed by atoms with Gasteiger partial charge in [-0.25, -0.2) is 0 Å². The van der Waals surface area contributed by atoms with E-state index in [-0.39, 0.29) is 10.8 Å². The minimum atomic E-state index is -0.204. The minimum Gasteiger partial charge on any atom is -0.374 e. The first-order valence-corrected chi connectivity index (χ1v) is 12.3. The molecule has 4 nitrogen and oxygen atoms in total. The van der Waals surface area contributed by atoms with Crippen LogP contribution in [0.25, 0.3) is 0 Å². The van der Waals surface area contributed by atoms with Crippen LogP contribution in [0.2, 0.25) is 0 Å². The number of nitrogens with two attached hydrogens (primary N) is 1. The van der Waals surface area contributed by atoms with Crippen LogP contribution in [-0.4, -0.2) is 30.2 Å². The number of rotatable bonds is 5. The van der Waals surface area contributed by atoms with Gasteiger partial charge in [0.2, 0.25) is 5.91 Å². The average molecular weight is 409 g/mol. The lowest BCUT2D eigenvalue weighted by atomic mass is 9.41. The molecule has 2 atom stereocenters. The third-order valence-electron chi connectivity index (χ3n) is 9.07. The van der Waals surface area contributed by atoms with Gasteiger partial charge in [-0.3, -0.25) is 4.79 Å². The molecule has 6 saturated carbocycles. The predicted octanol–water partition coefficient (Wildman–Crippen LogP) is 4.07. The van der Waals surface area contributed by atoms with E-state index in [2.05, 4.69) is 35.6 Å². The average Bonchev–Trinajstić information content (AvgIpc) is 3.57. The Bertz CT molecular complexity index is 781. The van der Waals surface area contributed by atoms with Crippen LogP contribution in [0.5, 0.6) is 0 Å². The maximum atomic E-state index is 13.8. The predicted molar refractivity (Wildman–Crippen MR) is 117 cm³/mol. The number of benzene rings is 1. The van der Waals surface area contributed by atoms with E-state index in [1.165, 1.54) is 31.2 Å². The second-order valence-electron chi connectivity index (χ2n) is 11.3. The Labute approximate surface area is 180 Å². The van der Waals surface area contributed by atoms with Crippen molar-refractivity contribution in [2.45, 2.75) is 100 Å². The molecule has 30 heavy (non-hydrogen) atoms. The van der Waals surface area contributed by atoms with E-state index in [0.717, 1.165) is 44.9 Å². The second-order valence-corrected chi connectivity index (χ2v) is 11.3. The van der Waals surface area contributed by atoms with Crippen molar-refractivity contribution in [1.82, 2.24) is 5.32 Å². The first kappa shape index (κ1) is 19.3. The van der Waals surface area contributed by atoms with E-state index in [0.29, 0.717) is 42.0 Å². The van der Waals surface area contributed by atoms with Crippen LogP contribution in [0.4, 0.5) is 0 Å². The SMILES string of the molecule is NC1CCC(NC(=O)C23CC4CC(c5ccccc5)(CC(C2)C4OC2CC2)C3)CC1. The van der Waals surface area contributed by atoms with Crippen LogP contribution in [0.15, 0.2) is 30.3 Å². The van der Waals surface area contributed by atoms with Crippen molar-refractivity contribution < 1.29 is 9.53 Å². The van der Waals surface area contributed by atoms with Gasteiger partial charge in [-0.1, -0.05) is 30.3 Å². The zero-order valence-corrected chi connectivity index (χ0v) is 18.0. The number of amides is 1. The second kappa shape index (κ2) is 7.06. The first-order chi connectivity index (χ1) is 14.6. The molecule has 162 valence electrons. The molecule has 6 fully saturated rings. The number of hydrogen-bond acceptors (Lipinski definition) is 3. The monoisotopic (exact) mass is 408 g/mol. The van der Waals surface area contributed by atoms with E-state index in [9.17, 15) is 4.79 Å². The maximum absolute atomic E-state index is 13.8. The summed E-state index contributed by atoms with van der Waals surface area (Å²) in [5.41, 5.74) is 7.49. The van der Waals surface area contributed by atoms with Crippen LogP contribution in [-0.2, 0) is 14.9 Å². The quantitative estimate of drug-likeness (QED) is 0.772. The Balaban J connectivity index is 1.28. The Kier molecular flexibility index (Phi) is 4.55. The van der Waals surface area contributed by atoms with Gasteiger partial charge in [0, 0.05) is 12.1 Å². The molecule has 1 amide bonds. The third kappa shape index (κ3) is 3.22. The van der Waals surface area contributed by atoms with E-state index < -0.39 is 0 Å². The maximum Gasteiger partial charge on any atom is 0.226 e. The van der Waals surface area contributed by atoms with Crippen molar-refractivity contribution in [3.63, 3.8) is 0 Å². The van der Waals surface area contributed by atoms with Gasteiger partial charge in [-0.2, -0.15) is 0 Å². The molecule has 1 aromatic carbocycles. The number of carbonyl (C=O) groups is 1. The summed E-state index contributed by atoms with van der Waals surface area (Å²) in [6, 6.07) is 11.7. The molecule has 4 heteroatoms. The molecule has 4 bridgehead atoms. The fraction of sp³-hybridized carbons (Fsp3) is 0.731. The molecular formula is C26H36N2O2. The van der Waals surface area contributed by atoms with Crippen LogP contribution in [0.3, 0.4) is 0 Å². The molecule has 0 radical (unpaired) electrons. The number of hydrogen-bond donors (Lipinski definition) is 2. The van der Waals surface area contributed by atoms with Crippen molar-refractivity contribution in [2.24, 2.45) is 23.0 Å². The molecule has 1 aromatic rings. The highest BCUT2D eigenvalue weighted by Crippen LogP contribution is 2.66. The summed E-state index contributed by atoms with van der Waals surface area (Å²) < 4.78 is 6.56. The van der Waals surface area contributed by atoms with Gasteiger partial charge in [-0.05, 0) is 93.4 Å². The molecule has 6 aliphatic carbocycles. The van der Waals surface area contributed by atoms with Crippen LogP contribution >= 0.6 is 0 Å². The van der Waals surface area contributed by atoms with Crippen molar-refractivity contribution in [1.29, 1.82) is 0 Å². The summed E-state index contributed by atoms with van der Waals surface area (Å²) in [6.45, 7) is 0. The van der Waals surface area contributed by atoms with E-state index in [1.54, 1.807) is 0 Å². The highest BCUT2D eigenvalue weighted by atomic mass is 16.5. The zero-order chi connectivity index (χ0) is 20.3. The summed E-state index contributed by atoms with van der Waals surface area (Å²) in [5.74, 6) is 1.39. The molecule has 0 heterocycles. The number of nitrogens with one attached hydrogen (secondary N) is 1. The van der Waals surface area contributed by atoms with Gasteiger partial charge in [-0.15, -0.1) is 0 Å². The van der Waals surface area contributed by atoms with Crippen LogP contribution < -0.4 is 11.1 Å². The molecule has 0 aromatic heterocycles. The molecule has 2 unspecified atom stereocenters. The molecule has 6 aliphatic rings. The summed E-state index contributed by atoms with van der Waals surface area (Å²) >= 11 is 0. The zero-order valence-electron chi connectivity index (χ0n) is 18.0. The van der Waals surface area contributed by atoms with Gasteiger partial charge in [0.1, 0.15) is 0 Å². The number of carbonyl (C=O) groups excluding carboxylic acids is 1. The van der Waals surface area contributed by atoms with Gasteiger partial charge < -0.3 is 15.8 Å². The molecule has 0 aliphatic heterocycles. The number of ether oxygens (including phenoxy) is 1. The largest absolute Gasteiger partial charge is 0.374 e. The van der Waals surface area contributed by atoms with Crippen molar-refractivity contribution in [2.75, 3.05) is 0 Å². The van der Waals surface area contributed by atoms with Gasteiger partial charge in [0.25, 0.3) is 0 Å². The van der Waals surface area contributed by atoms with Crippen molar-refractivity contribution in [3.8, 4) is 0 Å². The van der Waals surface area contributed by atoms with E-state index >= 15 is 0 Å². The Morgan fingerprint density at radius 2 is 1.60 bits per heavy atom. The molecule has 0 spiro atoms. The molecule has 0 saturated heterocycles.